The Labute approximate surface area is 129 Å². The van der Waals surface area contributed by atoms with Gasteiger partial charge in [0.05, 0.1) is 0 Å². The van der Waals surface area contributed by atoms with Crippen molar-refractivity contribution in [1.29, 1.82) is 0 Å². The molecule has 6 nitrogen and oxygen atoms in total. The lowest BCUT2D eigenvalue weighted by Crippen LogP contribution is -2.34. The smallest absolute Gasteiger partial charge is 0.330 e. The number of aliphatic carboxylic acids is 1. The second kappa shape index (κ2) is 6.66. The van der Waals surface area contributed by atoms with Gasteiger partial charge in [-0.25, -0.2) is 9.78 Å². The van der Waals surface area contributed by atoms with Gasteiger partial charge in [-0.05, 0) is 6.07 Å². The van der Waals surface area contributed by atoms with Crippen LogP contribution in [0.4, 0.5) is 0 Å². The van der Waals surface area contributed by atoms with Gasteiger partial charge in [0, 0.05) is 22.5 Å². The number of nitrogens with zero attached hydrogens (tertiary/aromatic N) is 1. The van der Waals surface area contributed by atoms with Gasteiger partial charge in [0.25, 0.3) is 5.91 Å². The van der Waals surface area contributed by atoms with E-state index in [1.165, 1.54) is 16.7 Å². The van der Waals surface area contributed by atoms with Crippen LogP contribution in [0.2, 0.25) is 5.02 Å². The standard InChI is InChI=1S/C13H12ClN3O3S/c14-8-4-2-1-3-7(8)11(13(19)20)17-12(18)9-6-21-10(5-15)16-9/h1-4,6,11H,5,15H2,(H,17,18)(H,19,20)/t11-/m1/s1. The van der Waals surface area contributed by atoms with Gasteiger partial charge in [-0.3, -0.25) is 4.79 Å². The minimum Gasteiger partial charge on any atom is -0.479 e. The molecule has 4 N–H and O–H groups in total. The first-order valence-corrected chi connectivity index (χ1v) is 7.21. The molecule has 1 aromatic carbocycles. The third-order valence-electron chi connectivity index (χ3n) is 2.70. The molecule has 2 rings (SSSR count). The van der Waals surface area contributed by atoms with E-state index in [1.54, 1.807) is 24.3 Å². The molecule has 0 unspecified atom stereocenters. The molecular weight excluding hydrogens is 314 g/mol. The number of carbonyl (C=O) groups excluding carboxylic acids is 1. The number of nitrogens with one attached hydrogen (secondary N) is 1. The van der Waals surface area contributed by atoms with Gasteiger partial charge in [0.1, 0.15) is 10.7 Å². The first-order valence-electron chi connectivity index (χ1n) is 5.95. The van der Waals surface area contributed by atoms with Gasteiger partial charge in [-0.15, -0.1) is 11.3 Å². The number of carboxylic acid groups (broad SMARTS) is 1. The summed E-state index contributed by atoms with van der Waals surface area (Å²) in [6.07, 6.45) is 0. The Hall–Kier alpha value is -1.96. The van der Waals surface area contributed by atoms with Crippen molar-refractivity contribution in [2.45, 2.75) is 12.6 Å². The lowest BCUT2D eigenvalue weighted by atomic mass is 10.1. The quantitative estimate of drug-likeness (QED) is 0.777. The molecule has 0 aliphatic rings. The van der Waals surface area contributed by atoms with Gasteiger partial charge in [0.15, 0.2) is 6.04 Å². The Morgan fingerprint density at radius 1 is 1.43 bits per heavy atom. The molecule has 0 aliphatic heterocycles. The lowest BCUT2D eigenvalue weighted by molar-refractivity contribution is -0.139. The van der Waals surface area contributed by atoms with Crippen molar-refractivity contribution in [3.05, 3.63) is 50.9 Å². The number of carboxylic acids is 1. The Balaban J connectivity index is 2.23. The highest BCUT2D eigenvalue weighted by Crippen LogP contribution is 2.23. The van der Waals surface area contributed by atoms with Crippen molar-refractivity contribution >= 4 is 34.8 Å². The molecule has 8 heteroatoms. The Morgan fingerprint density at radius 3 is 2.71 bits per heavy atom. The molecule has 0 radical (unpaired) electrons. The van der Waals surface area contributed by atoms with E-state index in [2.05, 4.69) is 10.3 Å². The van der Waals surface area contributed by atoms with Crippen LogP contribution in [0.25, 0.3) is 0 Å². The number of halogens is 1. The zero-order valence-electron chi connectivity index (χ0n) is 10.7. The fourth-order valence-corrected chi connectivity index (χ4v) is 2.60. The largest absolute Gasteiger partial charge is 0.479 e. The highest BCUT2D eigenvalue weighted by Gasteiger charge is 2.25. The van der Waals surface area contributed by atoms with Crippen molar-refractivity contribution < 1.29 is 14.7 Å². The molecule has 0 fully saturated rings. The summed E-state index contributed by atoms with van der Waals surface area (Å²) in [4.78, 5) is 27.4. The Kier molecular flexibility index (Phi) is 4.89. The summed E-state index contributed by atoms with van der Waals surface area (Å²) in [6.45, 7) is 0.227. The zero-order valence-corrected chi connectivity index (χ0v) is 12.3. The molecule has 1 amide bonds. The van der Waals surface area contributed by atoms with Gasteiger partial charge in [-0.2, -0.15) is 0 Å². The van der Waals surface area contributed by atoms with Crippen molar-refractivity contribution in [2.24, 2.45) is 5.73 Å². The number of rotatable bonds is 5. The number of benzene rings is 1. The number of carbonyl (C=O) groups is 2. The molecule has 110 valence electrons. The summed E-state index contributed by atoms with van der Waals surface area (Å²) in [5.41, 5.74) is 5.88. The predicted molar refractivity (Wildman–Crippen MR) is 79.3 cm³/mol. The third-order valence-corrected chi connectivity index (χ3v) is 3.91. The monoisotopic (exact) mass is 325 g/mol. The van der Waals surface area contributed by atoms with Crippen LogP contribution in [-0.2, 0) is 11.3 Å². The molecule has 0 bridgehead atoms. The topological polar surface area (TPSA) is 105 Å². The first-order chi connectivity index (χ1) is 10.0. The van der Waals surface area contributed by atoms with Crippen LogP contribution in [0, 0.1) is 0 Å². The maximum atomic E-state index is 12.1. The van der Waals surface area contributed by atoms with Crippen molar-refractivity contribution in [1.82, 2.24) is 10.3 Å². The summed E-state index contributed by atoms with van der Waals surface area (Å²) in [7, 11) is 0. The van der Waals surface area contributed by atoms with E-state index < -0.39 is 17.9 Å². The molecule has 0 aliphatic carbocycles. The summed E-state index contributed by atoms with van der Waals surface area (Å²) in [6, 6.07) is 5.20. The molecule has 1 heterocycles. The van der Waals surface area contributed by atoms with E-state index in [1.807, 2.05) is 0 Å². The average molecular weight is 326 g/mol. The summed E-state index contributed by atoms with van der Waals surface area (Å²) in [5, 5.41) is 14.1. The molecule has 0 saturated carbocycles. The van der Waals surface area contributed by atoms with Gasteiger partial charge in [-0.1, -0.05) is 29.8 Å². The van der Waals surface area contributed by atoms with Crippen LogP contribution in [-0.4, -0.2) is 22.0 Å². The number of thiazole rings is 1. The Morgan fingerprint density at radius 2 is 2.14 bits per heavy atom. The van der Waals surface area contributed by atoms with Crippen LogP contribution in [0.1, 0.15) is 27.1 Å². The van der Waals surface area contributed by atoms with Crippen LogP contribution in [0.3, 0.4) is 0 Å². The van der Waals surface area contributed by atoms with E-state index >= 15 is 0 Å². The minimum atomic E-state index is -1.24. The maximum Gasteiger partial charge on any atom is 0.330 e. The van der Waals surface area contributed by atoms with Gasteiger partial charge >= 0.3 is 5.97 Å². The highest BCUT2D eigenvalue weighted by atomic mass is 35.5. The molecule has 1 atom stereocenters. The molecule has 1 aromatic heterocycles. The van der Waals surface area contributed by atoms with Crippen molar-refractivity contribution in [3.8, 4) is 0 Å². The van der Waals surface area contributed by atoms with E-state index in [-0.39, 0.29) is 17.3 Å². The van der Waals surface area contributed by atoms with Gasteiger partial charge in [0.2, 0.25) is 0 Å². The van der Waals surface area contributed by atoms with E-state index in [9.17, 15) is 14.7 Å². The normalized spacial score (nSPS) is 11.9. The first kappa shape index (κ1) is 15.4. The molecule has 0 saturated heterocycles. The second-order valence-electron chi connectivity index (χ2n) is 4.10. The number of amides is 1. The second-order valence-corrected chi connectivity index (χ2v) is 5.45. The van der Waals surface area contributed by atoms with Crippen LogP contribution < -0.4 is 11.1 Å². The van der Waals surface area contributed by atoms with E-state index in [0.29, 0.717) is 10.6 Å². The number of hydrogen-bond donors (Lipinski definition) is 3. The highest BCUT2D eigenvalue weighted by molar-refractivity contribution is 7.09. The van der Waals surface area contributed by atoms with Crippen molar-refractivity contribution in [2.75, 3.05) is 0 Å². The number of aromatic nitrogens is 1. The summed E-state index contributed by atoms with van der Waals surface area (Å²) < 4.78 is 0. The van der Waals surface area contributed by atoms with Crippen LogP contribution in [0.5, 0.6) is 0 Å². The minimum absolute atomic E-state index is 0.138. The van der Waals surface area contributed by atoms with E-state index in [0.717, 1.165) is 0 Å². The lowest BCUT2D eigenvalue weighted by Gasteiger charge is -2.15. The summed E-state index contributed by atoms with van der Waals surface area (Å²) >= 11 is 7.22. The molecule has 21 heavy (non-hydrogen) atoms. The van der Waals surface area contributed by atoms with Gasteiger partial charge < -0.3 is 16.2 Å². The SMILES string of the molecule is NCc1nc(C(=O)N[C@@H](C(=O)O)c2ccccc2Cl)cs1. The average Bonchev–Trinajstić information content (AvgIpc) is 2.94. The maximum absolute atomic E-state index is 12.1. The fourth-order valence-electron chi connectivity index (χ4n) is 1.70. The molecular formula is C13H12ClN3O3S. The van der Waals surface area contributed by atoms with Crippen LogP contribution >= 0.6 is 22.9 Å². The predicted octanol–water partition coefficient (Wildman–Crippen LogP) is 1.81. The van der Waals surface area contributed by atoms with Crippen LogP contribution in [0.15, 0.2) is 29.6 Å². The molecule has 2 aromatic rings. The molecule has 0 spiro atoms. The van der Waals surface area contributed by atoms with Crippen molar-refractivity contribution in [3.63, 3.8) is 0 Å². The summed E-state index contributed by atoms with van der Waals surface area (Å²) in [5.74, 6) is -1.79. The zero-order chi connectivity index (χ0) is 15.4. The fraction of sp³-hybridized carbons (Fsp3) is 0.154. The number of nitrogens with two attached hydrogens (primary N) is 1. The Bertz CT molecular complexity index is 674. The third kappa shape index (κ3) is 3.57. The number of hydrogen-bond acceptors (Lipinski definition) is 5. The van der Waals surface area contributed by atoms with E-state index in [4.69, 9.17) is 17.3 Å².